The largest absolute Gasteiger partial charge is 0.469 e. The van der Waals surface area contributed by atoms with Crippen molar-refractivity contribution in [3.8, 4) is 10.6 Å². The molecule has 2 rings (SSSR count). The Labute approximate surface area is 118 Å². The van der Waals surface area contributed by atoms with E-state index in [-0.39, 0.29) is 5.97 Å². The number of rotatable bonds is 5. The molecule has 0 saturated heterocycles. The number of ether oxygens (including phenoxy) is 1. The fourth-order valence-corrected chi connectivity index (χ4v) is 3.47. The molecular formula is C11H13N3O3S2. The van der Waals surface area contributed by atoms with Gasteiger partial charge in [0.2, 0.25) is 0 Å². The second-order valence-corrected chi connectivity index (χ2v) is 6.07. The molecule has 19 heavy (non-hydrogen) atoms. The quantitative estimate of drug-likeness (QED) is 0.620. The van der Waals surface area contributed by atoms with Crippen LogP contribution in [-0.4, -0.2) is 34.2 Å². The molecule has 0 aliphatic heterocycles. The molecule has 0 N–H and O–H groups in total. The van der Waals surface area contributed by atoms with Crippen molar-refractivity contribution < 1.29 is 14.1 Å². The van der Waals surface area contributed by atoms with Crippen molar-refractivity contribution in [2.75, 3.05) is 12.9 Å². The number of carbonyl (C=O) groups is 1. The van der Waals surface area contributed by atoms with E-state index in [1.807, 2.05) is 13.8 Å². The van der Waals surface area contributed by atoms with Crippen molar-refractivity contribution >= 4 is 29.1 Å². The van der Waals surface area contributed by atoms with Gasteiger partial charge >= 0.3 is 5.97 Å². The topological polar surface area (TPSA) is 78.1 Å². The Kier molecular flexibility index (Phi) is 4.54. The van der Waals surface area contributed by atoms with E-state index in [2.05, 4.69) is 20.1 Å². The average molecular weight is 299 g/mol. The van der Waals surface area contributed by atoms with Crippen molar-refractivity contribution in [2.24, 2.45) is 0 Å². The zero-order chi connectivity index (χ0) is 13.8. The molecule has 0 fully saturated rings. The van der Waals surface area contributed by atoms with E-state index in [9.17, 15) is 4.79 Å². The Morgan fingerprint density at radius 1 is 1.42 bits per heavy atom. The molecule has 0 atom stereocenters. The first-order valence-corrected chi connectivity index (χ1v) is 7.38. The lowest BCUT2D eigenvalue weighted by Crippen LogP contribution is -2.00. The van der Waals surface area contributed by atoms with Crippen molar-refractivity contribution in [2.45, 2.75) is 24.6 Å². The molecule has 0 aliphatic rings. The predicted octanol–water partition coefficient (Wildman–Crippen LogP) is 2.47. The second-order valence-electron chi connectivity index (χ2n) is 3.75. The number of methoxy groups -OCH3 is 1. The van der Waals surface area contributed by atoms with Crippen LogP contribution in [0.4, 0.5) is 0 Å². The van der Waals surface area contributed by atoms with Gasteiger partial charge in [0.25, 0.3) is 0 Å². The number of esters is 1. The maximum atomic E-state index is 11.0. The number of thioether (sulfide) groups is 1. The third-order valence-corrected chi connectivity index (χ3v) is 4.49. The van der Waals surface area contributed by atoms with Gasteiger partial charge in [0.05, 0.1) is 24.8 Å². The van der Waals surface area contributed by atoms with E-state index in [1.165, 1.54) is 30.2 Å². The summed E-state index contributed by atoms with van der Waals surface area (Å²) in [5.41, 5.74) is 1.71. The Balaban J connectivity index is 2.02. The molecule has 102 valence electrons. The summed E-state index contributed by atoms with van der Waals surface area (Å²) in [5.74, 6) is 1.14. The lowest BCUT2D eigenvalue weighted by Gasteiger charge is -1.96. The molecule has 0 aliphatic carbocycles. The van der Waals surface area contributed by atoms with Crippen LogP contribution in [0.5, 0.6) is 0 Å². The molecule has 0 spiro atoms. The number of hydrogen-bond donors (Lipinski definition) is 0. The summed E-state index contributed by atoms with van der Waals surface area (Å²) in [7, 11) is 1.38. The van der Waals surface area contributed by atoms with Crippen molar-refractivity contribution in [1.29, 1.82) is 0 Å². The molecule has 0 radical (unpaired) electrons. The first-order chi connectivity index (χ1) is 9.11. The lowest BCUT2D eigenvalue weighted by atomic mass is 10.2. The van der Waals surface area contributed by atoms with Crippen LogP contribution < -0.4 is 0 Å². The third-order valence-electron chi connectivity index (χ3n) is 2.41. The summed E-state index contributed by atoms with van der Waals surface area (Å²) in [4.78, 5) is 11.0. The Morgan fingerprint density at radius 2 is 2.21 bits per heavy atom. The summed E-state index contributed by atoms with van der Waals surface area (Å²) in [6.07, 6.45) is 0.363. The van der Waals surface area contributed by atoms with E-state index in [4.69, 9.17) is 4.52 Å². The molecule has 0 aromatic carbocycles. The summed E-state index contributed by atoms with van der Waals surface area (Å²) in [5, 5.41) is 12.9. The molecule has 2 aromatic rings. The van der Waals surface area contributed by atoms with Crippen molar-refractivity contribution in [3.63, 3.8) is 0 Å². The van der Waals surface area contributed by atoms with Crippen LogP contribution in [0.2, 0.25) is 0 Å². The highest BCUT2D eigenvalue weighted by Crippen LogP contribution is 2.33. The van der Waals surface area contributed by atoms with Crippen molar-refractivity contribution in [3.05, 3.63) is 11.5 Å². The van der Waals surface area contributed by atoms with E-state index in [0.29, 0.717) is 12.2 Å². The molecular weight excluding hydrogens is 286 g/mol. The number of aryl methyl sites for hydroxylation is 2. The zero-order valence-corrected chi connectivity index (χ0v) is 12.4. The first-order valence-electron chi connectivity index (χ1n) is 5.58. The number of nitrogens with zero attached hydrogens (tertiary/aromatic N) is 3. The highest BCUT2D eigenvalue weighted by molar-refractivity contribution is 8.01. The molecule has 0 amide bonds. The van der Waals surface area contributed by atoms with Gasteiger partial charge in [-0.25, -0.2) is 0 Å². The van der Waals surface area contributed by atoms with Gasteiger partial charge in [-0.2, -0.15) is 0 Å². The van der Waals surface area contributed by atoms with Crippen LogP contribution >= 0.6 is 23.1 Å². The normalized spacial score (nSPS) is 10.7. The van der Waals surface area contributed by atoms with E-state index < -0.39 is 0 Å². The molecule has 0 bridgehead atoms. The third kappa shape index (κ3) is 3.32. The monoisotopic (exact) mass is 299 g/mol. The number of hydrogen-bond acceptors (Lipinski definition) is 8. The highest BCUT2D eigenvalue weighted by atomic mass is 32.2. The standard InChI is InChI=1S/C11H13N3O3S2/c1-6-9(7(2)17-14-6)10-12-13-11(19-10)18-5-4-8(15)16-3/h4-5H2,1-3H3. The lowest BCUT2D eigenvalue weighted by molar-refractivity contribution is -0.140. The Morgan fingerprint density at radius 3 is 2.84 bits per heavy atom. The van der Waals surface area contributed by atoms with Gasteiger partial charge in [0, 0.05) is 5.75 Å². The van der Waals surface area contributed by atoms with E-state index in [0.717, 1.165) is 26.4 Å². The van der Waals surface area contributed by atoms with Crippen LogP contribution in [0, 0.1) is 13.8 Å². The SMILES string of the molecule is COC(=O)CCSc1nnc(-c2c(C)noc2C)s1. The zero-order valence-electron chi connectivity index (χ0n) is 10.8. The molecule has 6 nitrogen and oxygen atoms in total. The summed E-state index contributed by atoms with van der Waals surface area (Å²) in [6, 6.07) is 0. The first kappa shape index (κ1) is 14.0. The minimum absolute atomic E-state index is 0.219. The second kappa shape index (κ2) is 6.16. The predicted molar refractivity (Wildman–Crippen MR) is 72.2 cm³/mol. The molecule has 0 unspecified atom stereocenters. The number of carbonyl (C=O) groups excluding carboxylic acids is 1. The molecule has 2 heterocycles. The maximum absolute atomic E-state index is 11.0. The smallest absolute Gasteiger partial charge is 0.306 e. The van der Waals surface area contributed by atoms with Crippen LogP contribution in [-0.2, 0) is 9.53 Å². The van der Waals surface area contributed by atoms with Gasteiger partial charge in [-0.05, 0) is 13.8 Å². The van der Waals surface area contributed by atoms with Crippen molar-refractivity contribution in [1.82, 2.24) is 15.4 Å². The van der Waals surface area contributed by atoms with Crippen LogP contribution in [0.15, 0.2) is 8.86 Å². The van der Waals surface area contributed by atoms with Gasteiger partial charge in [0.15, 0.2) is 9.35 Å². The average Bonchev–Trinajstić information content (AvgIpc) is 2.96. The van der Waals surface area contributed by atoms with Crippen LogP contribution in [0.3, 0.4) is 0 Å². The molecule has 0 saturated carbocycles. The maximum Gasteiger partial charge on any atom is 0.306 e. The van der Waals surface area contributed by atoms with Crippen LogP contribution in [0.1, 0.15) is 17.9 Å². The van der Waals surface area contributed by atoms with Gasteiger partial charge < -0.3 is 9.26 Å². The fourth-order valence-electron chi connectivity index (χ4n) is 1.48. The number of aromatic nitrogens is 3. The summed E-state index contributed by atoms with van der Waals surface area (Å²) < 4.78 is 10.5. The summed E-state index contributed by atoms with van der Waals surface area (Å²) >= 11 is 2.95. The Hall–Kier alpha value is -1.41. The van der Waals surface area contributed by atoms with Crippen LogP contribution in [0.25, 0.3) is 10.6 Å². The van der Waals surface area contributed by atoms with Gasteiger partial charge in [-0.3, -0.25) is 4.79 Å². The fraction of sp³-hybridized carbons (Fsp3) is 0.455. The molecule has 2 aromatic heterocycles. The van der Waals surface area contributed by atoms with Gasteiger partial charge in [-0.15, -0.1) is 10.2 Å². The van der Waals surface area contributed by atoms with E-state index in [1.54, 1.807) is 0 Å². The summed E-state index contributed by atoms with van der Waals surface area (Å²) in [6.45, 7) is 3.72. The Bertz CT molecular complexity index is 560. The van der Waals surface area contributed by atoms with E-state index >= 15 is 0 Å². The minimum atomic E-state index is -0.219. The minimum Gasteiger partial charge on any atom is -0.469 e. The van der Waals surface area contributed by atoms with Gasteiger partial charge in [-0.1, -0.05) is 28.3 Å². The molecule has 8 heteroatoms. The van der Waals surface area contributed by atoms with Gasteiger partial charge in [0.1, 0.15) is 5.76 Å². The highest BCUT2D eigenvalue weighted by Gasteiger charge is 2.16.